The Morgan fingerprint density at radius 1 is 1.29 bits per heavy atom. The number of benzene rings is 1. The zero-order valence-corrected chi connectivity index (χ0v) is 12.1. The van der Waals surface area contributed by atoms with Crippen LogP contribution in [0.15, 0.2) is 29.4 Å². The summed E-state index contributed by atoms with van der Waals surface area (Å²) < 4.78 is 12.9. The molecule has 1 saturated heterocycles. The van der Waals surface area contributed by atoms with Crippen molar-refractivity contribution in [1.82, 2.24) is 4.90 Å². The van der Waals surface area contributed by atoms with E-state index in [2.05, 4.69) is 12.1 Å². The second-order valence-electron chi connectivity index (χ2n) is 5.85. The predicted molar refractivity (Wildman–Crippen MR) is 77.4 cm³/mol. The Morgan fingerprint density at radius 2 is 1.95 bits per heavy atom. The number of piperidine rings is 1. The maximum atomic E-state index is 12.9. The highest BCUT2D eigenvalue weighted by Gasteiger charge is 2.33. The average molecular weight is 290 g/mol. The second kappa shape index (κ2) is 5.84. The number of hydrogen-bond acceptors (Lipinski definition) is 3. The van der Waals surface area contributed by atoms with Gasteiger partial charge in [-0.05, 0) is 36.5 Å². The van der Waals surface area contributed by atoms with Gasteiger partial charge < -0.3 is 9.74 Å². The van der Waals surface area contributed by atoms with Crippen molar-refractivity contribution in [2.75, 3.05) is 13.1 Å². The number of amides is 1. The number of oxime groups is 1. The van der Waals surface area contributed by atoms with Gasteiger partial charge in [-0.15, -0.1) is 0 Å². The summed E-state index contributed by atoms with van der Waals surface area (Å²) in [6, 6.07) is 6.10. The Bertz CT molecular complexity index is 548. The van der Waals surface area contributed by atoms with Crippen molar-refractivity contribution in [3.63, 3.8) is 0 Å². The van der Waals surface area contributed by atoms with E-state index in [4.69, 9.17) is 4.84 Å². The average Bonchev–Trinajstić information content (AvgIpc) is 2.98. The van der Waals surface area contributed by atoms with Gasteiger partial charge in [-0.2, -0.15) is 0 Å². The first-order valence-electron chi connectivity index (χ1n) is 7.41. The zero-order valence-electron chi connectivity index (χ0n) is 12.1. The highest BCUT2D eigenvalue weighted by molar-refractivity contribution is 6.04. The van der Waals surface area contributed by atoms with Gasteiger partial charge in [0.25, 0.3) is 5.91 Å². The largest absolute Gasteiger partial charge is 0.382 e. The molecule has 0 saturated carbocycles. The topological polar surface area (TPSA) is 41.9 Å². The summed E-state index contributed by atoms with van der Waals surface area (Å²) in [5.74, 6) is 0.417. The smallest absolute Gasteiger partial charge is 0.266 e. The summed E-state index contributed by atoms with van der Waals surface area (Å²) in [6.45, 7) is 3.81. The Balaban J connectivity index is 1.60. The SMILES string of the molecule is CC1CCN(C(=O)[C@@H]2CC(c3ccc(F)cc3)=NO2)CC1. The molecule has 1 fully saturated rings. The maximum absolute atomic E-state index is 12.9. The molecule has 0 aliphatic carbocycles. The summed E-state index contributed by atoms with van der Waals surface area (Å²) in [7, 11) is 0. The fraction of sp³-hybridized carbons (Fsp3) is 0.500. The van der Waals surface area contributed by atoms with Gasteiger partial charge in [-0.25, -0.2) is 4.39 Å². The van der Waals surface area contributed by atoms with Crippen LogP contribution >= 0.6 is 0 Å². The third-order valence-corrected chi connectivity index (χ3v) is 4.22. The molecule has 112 valence electrons. The molecule has 0 aromatic heterocycles. The zero-order chi connectivity index (χ0) is 14.8. The van der Waals surface area contributed by atoms with E-state index in [9.17, 15) is 9.18 Å². The van der Waals surface area contributed by atoms with E-state index in [1.807, 2.05) is 4.90 Å². The van der Waals surface area contributed by atoms with E-state index in [-0.39, 0.29) is 11.7 Å². The molecular weight excluding hydrogens is 271 g/mol. The van der Waals surface area contributed by atoms with Crippen molar-refractivity contribution < 1.29 is 14.0 Å². The monoisotopic (exact) mass is 290 g/mol. The number of likely N-dealkylation sites (tertiary alicyclic amines) is 1. The molecule has 0 unspecified atom stereocenters. The van der Waals surface area contributed by atoms with E-state index in [1.54, 1.807) is 12.1 Å². The summed E-state index contributed by atoms with van der Waals surface area (Å²) in [4.78, 5) is 19.6. The van der Waals surface area contributed by atoms with Gasteiger partial charge >= 0.3 is 0 Å². The van der Waals surface area contributed by atoms with Crippen LogP contribution < -0.4 is 0 Å². The van der Waals surface area contributed by atoms with E-state index in [0.717, 1.165) is 31.5 Å². The number of nitrogens with zero attached hydrogens (tertiary/aromatic N) is 2. The normalized spacial score (nSPS) is 22.9. The maximum Gasteiger partial charge on any atom is 0.266 e. The molecule has 21 heavy (non-hydrogen) atoms. The number of halogens is 1. The van der Waals surface area contributed by atoms with Gasteiger partial charge in [0, 0.05) is 19.5 Å². The Hall–Kier alpha value is -1.91. The second-order valence-corrected chi connectivity index (χ2v) is 5.85. The number of carbonyl (C=O) groups excluding carboxylic acids is 1. The lowest BCUT2D eigenvalue weighted by molar-refractivity contribution is -0.143. The van der Waals surface area contributed by atoms with Gasteiger partial charge in [0.2, 0.25) is 6.10 Å². The minimum absolute atomic E-state index is 0.0164. The van der Waals surface area contributed by atoms with Crippen LogP contribution in [0.1, 0.15) is 31.7 Å². The molecule has 4 nitrogen and oxygen atoms in total. The van der Waals surface area contributed by atoms with Gasteiger partial charge in [0.05, 0.1) is 5.71 Å². The lowest BCUT2D eigenvalue weighted by Gasteiger charge is -2.31. The van der Waals surface area contributed by atoms with E-state index in [1.165, 1.54) is 12.1 Å². The van der Waals surface area contributed by atoms with Crippen molar-refractivity contribution in [3.8, 4) is 0 Å². The highest BCUT2D eigenvalue weighted by atomic mass is 19.1. The Morgan fingerprint density at radius 3 is 2.62 bits per heavy atom. The van der Waals surface area contributed by atoms with Gasteiger partial charge in [0.1, 0.15) is 5.82 Å². The van der Waals surface area contributed by atoms with Crippen LogP contribution in [0, 0.1) is 11.7 Å². The predicted octanol–water partition coefficient (Wildman–Crippen LogP) is 2.58. The standard InChI is InChI=1S/C16H19FN2O2/c1-11-6-8-19(9-7-11)16(20)15-10-14(18-21-15)12-2-4-13(17)5-3-12/h2-5,11,15H,6-10H2,1H3/t15-/m0/s1. The first-order valence-corrected chi connectivity index (χ1v) is 7.41. The fourth-order valence-electron chi connectivity index (χ4n) is 2.76. The molecular formula is C16H19FN2O2. The molecule has 5 heteroatoms. The molecule has 2 aliphatic heterocycles. The van der Waals surface area contributed by atoms with Crippen molar-refractivity contribution in [2.45, 2.75) is 32.3 Å². The summed E-state index contributed by atoms with van der Waals surface area (Å²) in [5.41, 5.74) is 1.51. The molecule has 0 N–H and O–H groups in total. The van der Waals surface area contributed by atoms with Gasteiger partial charge in [0.15, 0.2) is 0 Å². The first kappa shape index (κ1) is 14.0. The molecule has 1 aromatic carbocycles. The first-order chi connectivity index (χ1) is 10.1. The van der Waals surface area contributed by atoms with Crippen LogP contribution in [-0.4, -0.2) is 35.7 Å². The van der Waals surface area contributed by atoms with Crippen molar-refractivity contribution in [1.29, 1.82) is 0 Å². The van der Waals surface area contributed by atoms with E-state index in [0.29, 0.717) is 18.1 Å². The van der Waals surface area contributed by atoms with E-state index >= 15 is 0 Å². The van der Waals surface area contributed by atoms with Crippen molar-refractivity contribution in [3.05, 3.63) is 35.6 Å². The van der Waals surface area contributed by atoms with Crippen LogP contribution in [0.5, 0.6) is 0 Å². The van der Waals surface area contributed by atoms with Crippen LogP contribution in [-0.2, 0) is 9.63 Å². The molecule has 0 spiro atoms. The van der Waals surface area contributed by atoms with Crippen LogP contribution in [0.2, 0.25) is 0 Å². The quantitative estimate of drug-likeness (QED) is 0.840. The van der Waals surface area contributed by atoms with Crippen LogP contribution in [0.3, 0.4) is 0 Å². The highest BCUT2D eigenvalue weighted by Crippen LogP contribution is 2.22. The number of carbonyl (C=O) groups is 1. The third-order valence-electron chi connectivity index (χ3n) is 4.22. The molecule has 3 rings (SSSR count). The lowest BCUT2D eigenvalue weighted by atomic mass is 9.98. The molecule has 1 aromatic rings. The summed E-state index contributed by atoms with van der Waals surface area (Å²) in [6.07, 6.45) is 2.02. The molecule has 1 atom stereocenters. The van der Waals surface area contributed by atoms with Crippen LogP contribution in [0.4, 0.5) is 4.39 Å². The van der Waals surface area contributed by atoms with E-state index < -0.39 is 6.10 Å². The number of hydrogen-bond donors (Lipinski definition) is 0. The van der Waals surface area contributed by atoms with Gasteiger partial charge in [-0.1, -0.05) is 24.2 Å². The Labute approximate surface area is 123 Å². The summed E-state index contributed by atoms with van der Waals surface area (Å²) in [5, 5.41) is 3.99. The molecule has 1 amide bonds. The molecule has 0 bridgehead atoms. The fourth-order valence-corrected chi connectivity index (χ4v) is 2.76. The molecule has 0 radical (unpaired) electrons. The minimum Gasteiger partial charge on any atom is -0.382 e. The molecule has 2 heterocycles. The molecule has 2 aliphatic rings. The lowest BCUT2D eigenvalue weighted by Crippen LogP contribution is -2.43. The third kappa shape index (κ3) is 3.06. The Kier molecular flexibility index (Phi) is 3.90. The minimum atomic E-state index is -0.529. The number of rotatable bonds is 2. The van der Waals surface area contributed by atoms with Crippen molar-refractivity contribution in [2.24, 2.45) is 11.1 Å². The van der Waals surface area contributed by atoms with Crippen LogP contribution in [0.25, 0.3) is 0 Å². The van der Waals surface area contributed by atoms with Gasteiger partial charge in [-0.3, -0.25) is 4.79 Å². The van der Waals surface area contributed by atoms with Crippen molar-refractivity contribution >= 4 is 11.6 Å². The summed E-state index contributed by atoms with van der Waals surface area (Å²) >= 11 is 0.